The van der Waals surface area contributed by atoms with Crippen LogP contribution in [0.2, 0.25) is 0 Å². The van der Waals surface area contributed by atoms with Crippen LogP contribution in [0.15, 0.2) is 35.8 Å². The first-order chi connectivity index (χ1) is 16.2. The van der Waals surface area contributed by atoms with Gasteiger partial charge >= 0.3 is 5.97 Å². The minimum Gasteiger partial charge on any atom is -0.454 e. The number of Topliss-reactive ketones (excluding diaryl/α,β-unsaturated/α-hetero) is 1. The Morgan fingerprint density at radius 2 is 1.82 bits per heavy atom. The Hall–Kier alpha value is -3.59. The number of esters is 1. The minimum atomic E-state index is -0.731. The van der Waals surface area contributed by atoms with Gasteiger partial charge in [-0.3, -0.25) is 23.9 Å². The van der Waals surface area contributed by atoms with Crippen molar-refractivity contribution in [2.75, 3.05) is 13.2 Å². The van der Waals surface area contributed by atoms with Crippen LogP contribution in [-0.2, 0) is 4.74 Å². The topological polar surface area (TPSA) is 98.6 Å². The van der Waals surface area contributed by atoms with Crippen molar-refractivity contribution in [2.45, 2.75) is 34.1 Å². The van der Waals surface area contributed by atoms with Crippen molar-refractivity contribution in [1.29, 1.82) is 0 Å². The summed E-state index contributed by atoms with van der Waals surface area (Å²) >= 11 is 1.46. The Labute approximate surface area is 201 Å². The van der Waals surface area contributed by atoms with E-state index in [2.05, 4.69) is 4.98 Å². The smallest absolute Gasteiger partial charge is 0.338 e. The average molecular weight is 480 g/mol. The van der Waals surface area contributed by atoms with Crippen LogP contribution < -0.4 is 0 Å². The number of hydrogen-bond donors (Lipinski definition) is 0. The monoisotopic (exact) mass is 479 g/mol. The number of amides is 2. The molecule has 0 saturated carbocycles. The second-order valence-electron chi connectivity index (χ2n) is 8.64. The number of benzene rings is 1. The van der Waals surface area contributed by atoms with Gasteiger partial charge in [0.15, 0.2) is 11.7 Å². The molecule has 4 rings (SSSR count). The van der Waals surface area contributed by atoms with Crippen LogP contribution in [0.1, 0.15) is 73.1 Å². The molecule has 0 N–H and O–H groups in total. The van der Waals surface area contributed by atoms with Gasteiger partial charge in [0.25, 0.3) is 11.8 Å². The summed E-state index contributed by atoms with van der Waals surface area (Å²) in [6.07, 6.45) is 2.40. The Balaban J connectivity index is 1.45. The SMILES string of the molecule is Cc1cc(C(=O)COC(=O)c2ccc3c(c2)C(=O)N(CCC(C)C)C3=O)c(C)n1-c1nccs1. The molecule has 2 aromatic heterocycles. The van der Waals surface area contributed by atoms with Crippen LogP contribution in [-0.4, -0.2) is 51.2 Å². The maximum Gasteiger partial charge on any atom is 0.338 e. The highest BCUT2D eigenvalue weighted by atomic mass is 32.1. The number of aryl methyl sites for hydroxylation is 1. The number of carbonyl (C=O) groups excluding carboxylic acids is 4. The van der Waals surface area contributed by atoms with Crippen molar-refractivity contribution in [3.05, 3.63) is 69.5 Å². The molecular formula is C25H25N3O5S. The highest BCUT2D eigenvalue weighted by Crippen LogP contribution is 2.26. The van der Waals surface area contributed by atoms with Gasteiger partial charge in [0.2, 0.25) is 5.78 Å². The molecular weight excluding hydrogens is 454 g/mol. The summed E-state index contributed by atoms with van der Waals surface area (Å²) in [6.45, 7) is 7.63. The van der Waals surface area contributed by atoms with Crippen LogP contribution in [0.4, 0.5) is 0 Å². The van der Waals surface area contributed by atoms with Gasteiger partial charge in [0.1, 0.15) is 0 Å². The Bertz CT molecular complexity index is 1290. The number of hydrogen-bond acceptors (Lipinski definition) is 7. The third kappa shape index (κ3) is 4.31. The summed E-state index contributed by atoms with van der Waals surface area (Å²) in [5, 5.41) is 2.61. The maximum absolute atomic E-state index is 12.8. The molecule has 8 nitrogen and oxygen atoms in total. The van der Waals surface area contributed by atoms with Crippen molar-refractivity contribution in [3.63, 3.8) is 0 Å². The number of fused-ring (bicyclic) bond motifs is 1. The van der Waals surface area contributed by atoms with E-state index in [1.807, 2.05) is 37.6 Å². The molecule has 3 aromatic rings. The second-order valence-corrected chi connectivity index (χ2v) is 9.51. The van der Waals surface area contributed by atoms with E-state index in [1.165, 1.54) is 34.4 Å². The van der Waals surface area contributed by atoms with Crippen LogP contribution in [0, 0.1) is 19.8 Å². The van der Waals surface area contributed by atoms with Gasteiger partial charge in [-0.05, 0) is 50.5 Å². The van der Waals surface area contributed by atoms with E-state index < -0.39 is 18.5 Å². The lowest BCUT2D eigenvalue weighted by Crippen LogP contribution is -2.31. The van der Waals surface area contributed by atoms with Gasteiger partial charge in [-0.2, -0.15) is 0 Å². The van der Waals surface area contributed by atoms with E-state index in [0.29, 0.717) is 24.4 Å². The molecule has 3 heterocycles. The number of ether oxygens (including phenoxy) is 1. The van der Waals surface area contributed by atoms with Crippen molar-refractivity contribution < 1.29 is 23.9 Å². The van der Waals surface area contributed by atoms with Gasteiger partial charge in [0, 0.05) is 35.1 Å². The first kappa shape index (κ1) is 23.6. The summed E-state index contributed by atoms with van der Waals surface area (Å²) in [5.74, 6) is -1.49. The van der Waals surface area contributed by atoms with Crippen LogP contribution in [0.3, 0.4) is 0 Å². The molecule has 176 valence electrons. The van der Waals surface area contributed by atoms with Gasteiger partial charge in [-0.15, -0.1) is 11.3 Å². The van der Waals surface area contributed by atoms with E-state index in [0.717, 1.165) is 16.5 Å². The number of aromatic nitrogens is 2. The lowest BCUT2D eigenvalue weighted by Gasteiger charge is -2.14. The average Bonchev–Trinajstić information content (AvgIpc) is 3.49. The molecule has 1 aromatic carbocycles. The van der Waals surface area contributed by atoms with Gasteiger partial charge in [-0.1, -0.05) is 13.8 Å². The Morgan fingerprint density at radius 3 is 2.50 bits per heavy atom. The van der Waals surface area contributed by atoms with Crippen molar-refractivity contribution in [1.82, 2.24) is 14.5 Å². The predicted octanol–water partition coefficient (Wildman–Crippen LogP) is 4.23. The number of carbonyl (C=O) groups is 4. The fourth-order valence-electron chi connectivity index (χ4n) is 3.97. The molecule has 1 aliphatic rings. The van der Waals surface area contributed by atoms with E-state index in [9.17, 15) is 19.2 Å². The van der Waals surface area contributed by atoms with Crippen molar-refractivity contribution in [3.8, 4) is 5.13 Å². The molecule has 0 fully saturated rings. The molecule has 0 spiro atoms. The van der Waals surface area contributed by atoms with Crippen LogP contribution >= 0.6 is 11.3 Å². The number of thiazole rings is 1. The summed E-state index contributed by atoms with van der Waals surface area (Å²) < 4.78 is 7.13. The molecule has 0 aliphatic carbocycles. The van der Waals surface area contributed by atoms with Crippen LogP contribution in [0.5, 0.6) is 0 Å². The Kier molecular flexibility index (Phi) is 6.47. The fraction of sp³-hybridized carbons (Fsp3) is 0.320. The molecule has 2 amide bonds. The third-order valence-electron chi connectivity index (χ3n) is 5.81. The van der Waals surface area contributed by atoms with Gasteiger partial charge < -0.3 is 4.74 Å². The van der Waals surface area contributed by atoms with Crippen molar-refractivity contribution >= 4 is 34.9 Å². The molecule has 0 saturated heterocycles. The zero-order valence-corrected chi connectivity index (χ0v) is 20.3. The molecule has 0 radical (unpaired) electrons. The standard InChI is InChI=1S/C25H25N3O5S/c1-14(2)7-9-27-22(30)18-6-5-17(12-20(18)23(27)31)24(32)33-13-21(29)19-11-15(3)28(16(19)4)25-26-8-10-34-25/h5-6,8,10-12,14H,7,9,13H2,1-4H3. The predicted molar refractivity (Wildman–Crippen MR) is 127 cm³/mol. The minimum absolute atomic E-state index is 0.117. The molecule has 34 heavy (non-hydrogen) atoms. The maximum atomic E-state index is 12.8. The zero-order valence-electron chi connectivity index (χ0n) is 19.5. The number of imide groups is 1. The fourth-order valence-corrected chi connectivity index (χ4v) is 4.72. The third-order valence-corrected chi connectivity index (χ3v) is 6.57. The van der Waals surface area contributed by atoms with E-state index in [4.69, 9.17) is 4.74 Å². The number of rotatable bonds is 8. The lowest BCUT2D eigenvalue weighted by atomic mass is 10.1. The summed E-state index contributed by atoms with van der Waals surface area (Å²) in [5.41, 5.74) is 2.60. The first-order valence-corrected chi connectivity index (χ1v) is 11.9. The molecule has 1 aliphatic heterocycles. The molecule has 0 unspecified atom stereocenters. The lowest BCUT2D eigenvalue weighted by molar-refractivity contribution is 0.0474. The van der Waals surface area contributed by atoms with E-state index in [-0.39, 0.29) is 28.4 Å². The number of nitrogens with zero attached hydrogens (tertiary/aromatic N) is 3. The molecule has 0 bridgehead atoms. The number of ketones is 1. The van der Waals surface area contributed by atoms with E-state index >= 15 is 0 Å². The van der Waals surface area contributed by atoms with Crippen LogP contribution in [0.25, 0.3) is 5.13 Å². The molecule has 9 heteroatoms. The van der Waals surface area contributed by atoms with Gasteiger partial charge in [0.05, 0.1) is 16.7 Å². The Morgan fingerprint density at radius 1 is 1.09 bits per heavy atom. The summed E-state index contributed by atoms with van der Waals surface area (Å²) in [4.78, 5) is 56.2. The second kappa shape index (κ2) is 9.34. The van der Waals surface area contributed by atoms with Gasteiger partial charge in [-0.25, -0.2) is 9.78 Å². The van der Waals surface area contributed by atoms with E-state index in [1.54, 1.807) is 12.3 Å². The summed E-state index contributed by atoms with van der Waals surface area (Å²) in [7, 11) is 0. The highest BCUT2D eigenvalue weighted by molar-refractivity contribution is 7.12. The highest BCUT2D eigenvalue weighted by Gasteiger charge is 2.36. The molecule has 0 atom stereocenters. The summed E-state index contributed by atoms with van der Waals surface area (Å²) in [6, 6.07) is 6.02. The quantitative estimate of drug-likeness (QED) is 0.272. The zero-order chi connectivity index (χ0) is 24.6. The van der Waals surface area contributed by atoms with Crippen molar-refractivity contribution in [2.24, 2.45) is 5.92 Å². The largest absolute Gasteiger partial charge is 0.454 e. The first-order valence-electron chi connectivity index (χ1n) is 11.0. The normalized spacial score (nSPS) is 13.0.